The molecule has 0 aliphatic rings. The smallest absolute Gasteiger partial charge is 0.136 e. The minimum Gasteiger partial charge on any atom is -0.497 e. The Morgan fingerprint density at radius 2 is 1.95 bits per heavy atom. The van der Waals surface area contributed by atoms with E-state index in [2.05, 4.69) is 0 Å². The summed E-state index contributed by atoms with van der Waals surface area (Å²) in [6, 6.07) is 15.0. The lowest BCUT2D eigenvalue weighted by atomic mass is 10.1. The van der Waals surface area contributed by atoms with Crippen LogP contribution in [0.4, 0.5) is 0 Å². The van der Waals surface area contributed by atoms with Gasteiger partial charge in [-0.25, -0.2) is 0 Å². The molecule has 2 aromatic rings. The standard InChI is InChI=1S/C16H19NO3/c1-19-14-7-4-6-12(9-14)16(10-17)20-15-8-3-2-5-13(15)11-18/h2-9,16,18H,10-11,17H2,1H3. The molecule has 4 nitrogen and oxygen atoms in total. The van der Waals surface area contributed by atoms with Crippen LogP contribution in [-0.4, -0.2) is 18.8 Å². The lowest BCUT2D eigenvalue weighted by molar-refractivity contribution is 0.202. The first-order chi connectivity index (χ1) is 9.78. The molecular formula is C16H19NO3. The summed E-state index contributed by atoms with van der Waals surface area (Å²) >= 11 is 0. The molecule has 20 heavy (non-hydrogen) atoms. The van der Waals surface area contributed by atoms with Gasteiger partial charge in [0.15, 0.2) is 0 Å². The molecule has 106 valence electrons. The fourth-order valence-corrected chi connectivity index (χ4v) is 2.00. The van der Waals surface area contributed by atoms with Gasteiger partial charge in [-0.2, -0.15) is 0 Å². The first kappa shape index (κ1) is 14.4. The third-order valence-electron chi connectivity index (χ3n) is 3.09. The third kappa shape index (κ3) is 3.29. The Kier molecular flexibility index (Phi) is 4.98. The topological polar surface area (TPSA) is 64.7 Å². The Balaban J connectivity index is 2.24. The minimum absolute atomic E-state index is 0.0639. The van der Waals surface area contributed by atoms with Crippen LogP contribution in [0.2, 0.25) is 0 Å². The molecule has 4 heteroatoms. The van der Waals surface area contributed by atoms with Crippen LogP contribution in [-0.2, 0) is 6.61 Å². The van der Waals surface area contributed by atoms with Crippen LogP contribution in [0.25, 0.3) is 0 Å². The van der Waals surface area contributed by atoms with Crippen molar-refractivity contribution in [1.29, 1.82) is 0 Å². The molecule has 0 amide bonds. The molecule has 2 aromatic carbocycles. The number of benzene rings is 2. The SMILES string of the molecule is COc1cccc(C(CN)Oc2ccccc2CO)c1. The molecule has 1 atom stereocenters. The predicted octanol–water partition coefficient (Wildman–Crippen LogP) is 2.27. The molecule has 0 spiro atoms. The minimum atomic E-state index is -0.280. The first-order valence-corrected chi connectivity index (χ1v) is 6.48. The predicted molar refractivity (Wildman–Crippen MR) is 77.8 cm³/mol. The van der Waals surface area contributed by atoms with Crippen LogP contribution in [0, 0.1) is 0 Å². The van der Waals surface area contributed by atoms with Crippen LogP contribution >= 0.6 is 0 Å². The van der Waals surface area contributed by atoms with E-state index in [4.69, 9.17) is 15.2 Å². The monoisotopic (exact) mass is 273 g/mol. The summed E-state index contributed by atoms with van der Waals surface area (Å²) in [6.07, 6.45) is -0.280. The van der Waals surface area contributed by atoms with Crippen molar-refractivity contribution in [1.82, 2.24) is 0 Å². The molecule has 0 bridgehead atoms. The molecule has 3 N–H and O–H groups in total. The fraction of sp³-hybridized carbons (Fsp3) is 0.250. The summed E-state index contributed by atoms with van der Waals surface area (Å²) in [6.45, 7) is 0.276. The fourth-order valence-electron chi connectivity index (χ4n) is 2.00. The number of ether oxygens (including phenoxy) is 2. The average molecular weight is 273 g/mol. The van der Waals surface area contributed by atoms with E-state index < -0.39 is 0 Å². The van der Waals surface area contributed by atoms with Crippen molar-refractivity contribution >= 4 is 0 Å². The summed E-state index contributed by atoms with van der Waals surface area (Å²) in [5.41, 5.74) is 7.50. The van der Waals surface area contributed by atoms with E-state index >= 15 is 0 Å². The Bertz CT molecular complexity index is 557. The van der Waals surface area contributed by atoms with Gasteiger partial charge in [0.25, 0.3) is 0 Å². The number of hydrogen-bond donors (Lipinski definition) is 2. The van der Waals surface area contributed by atoms with Gasteiger partial charge in [-0.05, 0) is 23.8 Å². The van der Waals surface area contributed by atoms with Gasteiger partial charge in [-0.15, -0.1) is 0 Å². The van der Waals surface area contributed by atoms with Crippen LogP contribution in [0.1, 0.15) is 17.2 Å². The number of rotatable bonds is 6. The van der Waals surface area contributed by atoms with Gasteiger partial charge >= 0.3 is 0 Å². The number of methoxy groups -OCH3 is 1. The maximum absolute atomic E-state index is 9.33. The number of aliphatic hydroxyl groups excluding tert-OH is 1. The average Bonchev–Trinajstić information content (AvgIpc) is 2.53. The molecule has 1 unspecified atom stereocenters. The van der Waals surface area contributed by atoms with E-state index in [-0.39, 0.29) is 12.7 Å². The van der Waals surface area contributed by atoms with E-state index in [1.807, 2.05) is 48.5 Å². The second-order valence-electron chi connectivity index (χ2n) is 4.38. The highest BCUT2D eigenvalue weighted by Gasteiger charge is 2.14. The zero-order valence-corrected chi connectivity index (χ0v) is 11.5. The lowest BCUT2D eigenvalue weighted by Crippen LogP contribution is -2.19. The van der Waals surface area contributed by atoms with Crippen molar-refractivity contribution in [2.45, 2.75) is 12.7 Å². The Morgan fingerprint density at radius 3 is 2.65 bits per heavy atom. The quantitative estimate of drug-likeness (QED) is 0.847. The highest BCUT2D eigenvalue weighted by atomic mass is 16.5. The lowest BCUT2D eigenvalue weighted by Gasteiger charge is -2.20. The zero-order chi connectivity index (χ0) is 14.4. The van der Waals surface area contributed by atoms with E-state index in [1.165, 1.54) is 0 Å². The Hall–Kier alpha value is -2.04. The van der Waals surface area contributed by atoms with Crippen molar-refractivity contribution in [3.63, 3.8) is 0 Å². The second-order valence-corrected chi connectivity index (χ2v) is 4.38. The van der Waals surface area contributed by atoms with Crippen molar-refractivity contribution in [2.75, 3.05) is 13.7 Å². The van der Waals surface area contributed by atoms with Gasteiger partial charge in [-0.1, -0.05) is 30.3 Å². The molecule has 0 aliphatic heterocycles. The number of hydrogen-bond acceptors (Lipinski definition) is 4. The van der Waals surface area contributed by atoms with E-state index in [0.29, 0.717) is 12.3 Å². The molecule has 2 rings (SSSR count). The number of aliphatic hydroxyl groups is 1. The van der Waals surface area contributed by atoms with Crippen LogP contribution < -0.4 is 15.2 Å². The number of para-hydroxylation sites is 1. The highest BCUT2D eigenvalue weighted by molar-refractivity contribution is 5.35. The molecule has 0 saturated heterocycles. The summed E-state index contributed by atoms with van der Waals surface area (Å²) in [7, 11) is 1.62. The van der Waals surface area contributed by atoms with Gasteiger partial charge in [0.2, 0.25) is 0 Å². The van der Waals surface area contributed by atoms with Gasteiger partial charge in [0.05, 0.1) is 13.7 Å². The van der Waals surface area contributed by atoms with Crippen molar-refractivity contribution in [3.8, 4) is 11.5 Å². The van der Waals surface area contributed by atoms with E-state index in [9.17, 15) is 5.11 Å². The van der Waals surface area contributed by atoms with E-state index in [0.717, 1.165) is 16.9 Å². The second kappa shape index (κ2) is 6.93. The molecule has 0 saturated carbocycles. The summed E-state index contributed by atoms with van der Waals surface area (Å²) in [5, 5.41) is 9.33. The molecule has 0 aliphatic carbocycles. The first-order valence-electron chi connectivity index (χ1n) is 6.48. The van der Waals surface area contributed by atoms with Gasteiger partial charge in [-0.3, -0.25) is 0 Å². The van der Waals surface area contributed by atoms with Gasteiger partial charge in [0, 0.05) is 12.1 Å². The summed E-state index contributed by atoms with van der Waals surface area (Å²) < 4.78 is 11.1. The Labute approximate surface area is 118 Å². The van der Waals surface area contributed by atoms with E-state index in [1.54, 1.807) is 7.11 Å². The zero-order valence-electron chi connectivity index (χ0n) is 11.5. The van der Waals surface area contributed by atoms with Crippen molar-refractivity contribution in [2.24, 2.45) is 5.73 Å². The highest BCUT2D eigenvalue weighted by Crippen LogP contribution is 2.26. The largest absolute Gasteiger partial charge is 0.497 e. The maximum Gasteiger partial charge on any atom is 0.136 e. The molecule has 0 fully saturated rings. The molecule has 0 aromatic heterocycles. The summed E-state index contributed by atoms with van der Waals surface area (Å²) in [4.78, 5) is 0. The van der Waals surface area contributed by atoms with Gasteiger partial charge < -0.3 is 20.3 Å². The van der Waals surface area contributed by atoms with Crippen LogP contribution in [0.5, 0.6) is 11.5 Å². The number of nitrogens with two attached hydrogens (primary N) is 1. The van der Waals surface area contributed by atoms with Gasteiger partial charge in [0.1, 0.15) is 17.6 Å². The third-order valence-corrected chi connectivity index (χ3v) is 3.09. The van der Waals surface area contributed by atoms with Crippen LogP contribution in [0.3, 0.4) is 0 Å². The Morgan fingerprint density at radius 1 is 1.15 bits per heavy atom. The maximum atomic E-state index is 9.33. The van der Waals surface area contributed by atoms with Crippen molar-refractivity contribution in [3.05, 3.63) is 59.7 Å². The summed E-state index contributed by atoms with van der Waals surface area (Å²) in [5.74, 6) is 1.41. The molecule has 0 radical (unpaired) electrons. The normalized spacial score (nSPS) is 11.9. The molecule has 0 heterocycles. The van der Waals surface area contributed by atoms with Crippen LogP contribution in [0.15, 0.2) is 48.5 Å². The van der Waals surface area contributed by atoms with Crippen molar-refractivity contribution < 1.29 is 14.6 Å². The molecular weight excluding hydrogens is 254 g/mol.